The van der Waals surface area contributed by atoms with E-state index in [2.05, 4.69) is 5.32 Å². The molecular formula is C19H18FNO4. The van der Waals surface area contributed by atoms with Crippen LogP contribution >= 0.6 is 0 Å². The molecule has 25 heavy (non-hydrogen) atoms. The van der Waals surface area contributed by atoms with Crippen LogP contribution in [0.25, 0.3) is 0 Å². The third-order valence-corrected chi connectivity index (χ3v) is 3.92. The number of anilines is 1. The molecule has 0 heterocycles. The van der Waals surface area contributed by atoms with Crippen LogP contribution in [0.1, 0.15) is 17.5 Å². The van der Waals surface area contributed by atoms with Crippen molar-refractivity contribution in [3.05, 3.63) is 59.4 Å². The Balaban J connectivity index is 1.41. The highest BCUT2D eigenvalue weighted by Crippen LogP contribution is 2.24. The fourth-order valence-electron chi connectivity index (χ4n) is 2.71. The first-order valence-corrected chi connectivity index (χ1v) is 8.06. The number of hydrogen-bond acceptors (Lipinski definition) is 4. The molecule has 0 unspecified atom stereocenters. The zero-order chi connectivity index (χ0) is 17.6. The molecule has 0 atom stereocenters. The van der Waals surface area contributed by atoms with E-state index in [4.69, 9.17) is 9.47 Å². The molecule has 6 heteroatoms. The average molecular weight is 343 g/mol. The summed E-state index contributed by atoms with van der Waals surface area (Å²) in [5.41, 5.74) is 3.27. The van der Waals surface area contributed by atoms with Crippen molar-refractivity contribution in [2.75, 3.05) is 18.5 Å². The Labute approximate surface area is 144 Å². The molecule has 3 rings (SSSR count). The smallest absolute Gasteiger partial charge is 0.344 e. The number of nitrogens with one attached hydrogen (secondary N) is 1. The normalized spacial score (nSPS) is 12.4. The Bertz CT molecular complexity index is 773. The van der Waals surface area contributed by atoms with Gasteiger partial charge in [0.2, 0.25) is 0 Å². The third-order valence-electron chi connectivity index (χ3n) is 3.92. The van der Waals surface area contributed by atoms with E-state index in [9.17, 15) is 14.0 Å². The molecule has 0 aliphatic heterocycles. The minimum absolute atomic E-state index is 0.348. The monoisotopic (exact) mass is 343 g/mol. The van der Waals surface area contributed by atoms with Crippen LogP contribution in [0.4, 0.5) is 10.1 Å². The summed E-state index contributed by atoms with van der Waals surface area (Å²) in [4.78, 5) is 23.5. The Morgan fingerprint density at radius 1 is 1.00 bits per heavy atom. The molecular weight excluding hydrogens is 325 g/mol. The first-order valence-electron chi connectivity index (χ1n) is 8.06. The van der Waals surface area contributed by atoms with Gasteiger partial charge in [0, 0.05) is 5.69 Å². The first-order chi connectivity index (χ1) is 12.1. The van der Waals surface area contributed by atoms with Gasteiger partial charge >= 0.3 is 5.97 Å². The summed E-state index contributed by atoms with van der Waals surface area (Å²) in [5, 5.41) is 2.71. The van der Waals surface area contributed by atoms with Crippen molar-refractivity contribution in [2.45, 2.75) is 19.3 Å². The lowest BCUT2D eigenvalue weighted by atomic mass is 10.1. The van der Waals surface area contributed by atoms with Crippen molar-refractivity contribution in [1.29, 1.82) is 0 Å². The lowest BCUT2D eigenvalue weighted by molar-refractivity contribution is -0.149. The fourth-order valence-corrected chi connectivity index (χ4v) is 2.71. The lowest BCUT2D eigenvalue weighted by Crippen LogP contribution is -2.23. The number of fused-ring (bicyclic) bond motifs is 1. The van der Waals surface area contributed by atoms with Crippen molar-refractivity contribution >= 4 is 17.6 Å². The highest BCUT2D eigenvalue weighted by molar-refractivity contribution is 5.93. The van der Waals surface area contributed by atoms with Gasteiger partial charge in [0.1, 0.15) is 11.6 Å². The summed E-state index contributed by atoms with van der Waals surface area (Å²) < 4.78 is 22.8. The minimum Gasteiger partial charge on any atom is -0.482 e. The number of rotatable bonds is 6. The molecule has 0 fully saturated rings. The molecule has 0 saturated carbocycles. The van der Waals surface area contributed by atoms with Gasteiger partial charge in [-0.15, -0.1) is 0 Å². The van der Waals surface area contributed by atoms with Gasteiger partial charge in [-0.1, -0.05) is 6.07 Å². The van der Waals surface area contributed by atoms with Gasteiger partial charge in [0.25, 0.3) is 5.91 Å². The van der Waals surface area contributed by atoms with Crippen molar-refractivity contribution in [2.24, 2.45) is 0 Å². The van der Waals surface area contributed by atoms with Gasteiger partial charge in [0.15, 0.2) is 13.2 Å². The number of esters is 1. The number of ether oxygens (including phenoxy) is 2. The molecule has 2 aromatic rings. The van der Waals surface area contributed by atoms with Gasteiger partial charge in [-0.05, 0) is 66.8 Å². The highest BCUT2D eigenvalue weighted by Gasteiger charge is 2.13. The van der Waals surface area contributed by atoms with Crippen LogP contribution in [0.15, 0.2) is 42.5 Å². The quantitative estimate of drug-likeness (QED) is 0.819. The SMILES string of the molecule is O=C(COC(=O)COc1ccc(F)cc1)Nc1ccc2c(c1)CCC2. The van der Waals surface area contributed by atoms with Crippen LogP contribution < -0.4 is 10.1 Å². The van der Waals surface area contributed by atoms with Crippen LogP contribution in [0, 0.1) is 5.82 Å². The summed E-state index contributed by atoms with van der Waals surface area (Å²) in [6, 6.07) is 11.1. The Morgan fingerprint density at radius 3 is 2.56 bits per heavy atom. The summed E-state index contributed by atoms with van der Waals surface area (Å²) in [7, 11) is 0. The summed E-state index contributed by atoms with van der Waals surface area (Å²) in [6.45, 7) is -0.736. The van der Waals surface area contributed by atoms with Gasteiger partial charge in [-0.3, -0.25) is 4.79 Å². The predicted octanol–water partition coefficient (Wildman–Crippen LogP) is 2.88. The van der Waals surface area contributed by atoms with Crippen molar-refractivity contribution < 1.29 is 23.5 Å². The summed E-state index contributed by atoms with van der Waals surface area (Å²) in [5.74, 6) is -1.12. The maximum Gasteiger partial charge on any atom is 0.344 e. The topological polar surface area (TPSA) is 64.6 Å². The van der Waals surface area contributed by atoms with Crippen molar-refractivity contribution in [1.82, 2.24) is 0 Å². The standard InChI is InChI=1S/C19H18FNO4/c20-15-5-8-17(9-6-15)24-12-19(23)25-11-18(22)21-16-7-4-13-2-1-3-14(13)10-16/h4-10H,1-3,11-12H2,(H,21,22). The predicted molar refractivity (Wildman–Crippen MR) is 90.0 cm³/mol. The van der Waals surface area contributed by atoms with E-state index < -0.39 is 17.7 Å². The average Bonchev–Trinajstić information content (AvgIpc) is 3.07. The number of benzene rings is 2. The summed E-state index contributed by atoms with van der Waals surface area (Å²) >= 11 is 0. The molecule has 1 aliphatic rings. The molecule has 0 aromatic heterocycles. The zero-order valence-electron chi connectivity index (χ0n) is 13.6. The number of hydrogen-bond donors (Lipinski definition) is 1. The minimum atomic E-state index is -0.673. The highest BCUT2D eigenvalue weighted by atomic mass is 19.1. The molecule has 1 aliphatic carbocycles. The van der Waals surface area contributed by atoms with E-state index >= 15 is 0 Å². The van der Waals surface area contributed by atoms with Crippen LogP contribution in [0.5, 0.6) is 5.75 Å². The van der Waals surface area contributed by atoms with E-state index in [1.165, 1.54) is 35.4 Å². The molecule has 2 aromatic carbocycles. The second-order valence-electron chi connectivity index (χ2n) is 5.79. The van der Waals surface area contributed by atoms with E-state index in [1.807, 2.05) is 18.2 Å². The molecule has 0 saturated heterocycles. The molecule has 1 N–H and O–H groups in total. The molecule has 0 radical (unpaired) electrons. The van der Waals surface area contributed by atoms with Crippen molar-refractivity contribution in [3.8, 4) is 5.75 Å². The molecule has 0 spiro atoms. The third kappa shape index (κ3) is 4.79. The Kier molecular flexibility index (Phi) is 5.28. The Hall–Kier alpha value is -2.89. The summed E-state index contributed by atoms with van der Waals surface area (Å²) in [6.07, 6.45) is 3.24. The van der Waals surface area contributed by atoms with Crippen LogP contribution in [-0.4, -0.2) is 25.1 Å². The van der Waals surface area contributed by atoms with Gasteiger partial charge in [-0.25, -0.2) is 9.18 Å². The molecule has 5 nitrogen and oxygen atoms in total. The van der Waals surface area contributed by atoms with Gasteiger partial charge in [-0.2, -0.15) is 0 Å². The maximum atomic E-state index is 12.8. The largest absolute Gasteiger partial charge is 0.482 e. The molecule has 130 valence electrons. The van der Waals surface area contributed by atoms with E-state index in [1.54, 1.807) is 0 Å². The second-order valence-corrected chi connectivity index (χ2v) is 5.79. The van der Waals surface area contributed by atoms with Gasteiger partial charge in [0.05, 0.1) is 0 Å². The Morgan fingerprint density at radius 2 is 1.76 bits per heavy atom. The number of carbonyl (C=O) groups is 2. The van der Waals surface area contributed by atoms with Crippen LogP contribution in [0.3, 0.4) is 0 Å². The van der Waals surface area contributed by atoms with Crippen LogP contribution in [-0.2, 0) is 27.2 Å². The maximum absolute atomic E-state index is 12.8. The molecule has 0 bridgehead atoms. The van der Waals surface area contributed by atoms with Crippen LogP contribution in [0.2, 0.25) is 0 Å². The van der Waals surface area contributed by atoms with E-state index in [0.717, 1.165) is 19.3 Å². The van der Waals surface area contributed by atoms with E-state index in [0.29, 0.717) is 11.4 Å². The van der Waals surface area contributed by atoms with Gasteiger partial charge < -0.3 is 14.8 Å². The number of aryl methyl sites for hydroxylation is 2. The number of halogens is 1. The first kappa shape index (κ1) is 17.0. The fraction of sp³-hybridized carbons (Fsp3) is 0.263. The molecule has 1 amide bonds. The van der Waals surface area contributed by atoms with Crippen molar-refractivity contribution in [3.63, 3.8) is 0 Å². The second kappa shape index (κ2) is 7.79. The number of carbonyl (C=O) groups excluding carboxylic acids is 2. The number of amides is 1. The zero-order valence-corrected chi connectivity index (χ0v) is 13.6. The van der Waals surface area contributed by atoms with E-state index in [-0.39, 0.29) is 13.2 Å². The lowest BCUT2D eigenvalue weighted by Gasteiger charge is -2.09.